The number of nitrogens with zero attached hydrogens (tertiary/aromatic N) is 5. The van der Waals surface area contributed by atoms with Crippen LogP contribution in [0, 0.1) is 0 Å². The summed E-state index contributed by atoms with van der Waals surface area (Å²) in [7, 11) is 0. The van der Waals surface area contributed by atoms with Crippen molar-refractivity contribution in [3.63, 3.8) is 0 Å². The van der Waals surface area contributed by atoms with Gasteiger partial charge in [-0.1, -0.05) is 19.1 Å². The van der Waals surface area contributed by atoms with Crippen LogP contribution in [0.5, 0.6) is 0 Å². The Hall–Kier alpha value is -3.19. The molecule has 0 radical (unpaired) electrons. The molecule has 0 fully saturated rings. The molecule has 0 aromatic carbocycles. The predicted molar refractivity (Wildman–Crippen MR) is 101 cm³/mol. The van der Waals surface area contributed by atoms with Gasteiger partial charge in [0.05, 0.1) is 30.5 Å². The van der Waals surface area contributed by atoms with E-state index in [-0.39, 0.29) is 18.6 Å². The molecule has 7 heteroatoms. The molecule has 1 N–H and O–H groups in total. The van der Waals surface area contributed by atoms with E-state index < -0.39 is 0 Å². The highest BCUT2D eigenvalue weighted by molar-refractivity contribution is 5.94. The molecule has 0 aliphatic rings. The van der Waals surface area contributed by atoms with Gasteiger partial charge < -0.3 is 10.0 Å². The van der Waals surface area contributed by atoms with E-state index in [0.29, 0.717) is 30.0 Å². The van der Waals surface area contributed by atoms with Crippen LogP contribution in [0.2, 0.25) is 0 Å². The van der Waals surface area contributed by atoms with Crippen LogP contribution in [0.4, 0.5) is 0 Å². The SMILES string of the molecule is CCC(CO)N(Cc1ccccn1)C(=O)c1cnc(-c2ccccn2)nc1. The van der Waals surface area contributed by atoms with Gasteiger partial charge in [0, 0.05) is 24.8 Å². The third-order valence-electron chi connectivity index (χ3n) is 4.23. The van der Waals surface area contributed by atoms with Gasteiger partial charge in [0.1, 0.15) is 5.69 Å². The standard InChI is InChI=1S/C20H21N5O2/c1-2-17(14-26)25(13-16-7-3-5-9-21-16)20(27)15-11-23-19(24-12-15)18-8-4-6-10-22-18/h3-12,17,26H,2,13-14H2,1H3. The topological polar surface area (TPSA) is 92.1 Å². The zero-order valence-electron chi connectivity index (χ0n) is 15.1. The minimum atomic E-state index is -0.310. The second-order valence-electron chi connectivity index (χ2n) is 6.01. The van der Waals surface area contributed by atoms with E-state index in [0.717, 1.165) is 5.69 Å². The maximum atomic E-state index is 13.0. The molecule has 3 aromatic heterocycles. The van der Waals surface area contributed by atoms with E-state index in [1.165, 1.54) is 12.4 Å². The van der Waals surface area contributed by atoms with Crippen molar-refractivity contribution in [2.45, 2.75) is 25.9 Å². The molecule has 1 unspecified atom stereocenters. The number of aliphatic hydroxyl groups is 1. The van der Waals surface area contributed by atoms with Crippen LogP contribution in [0.25, 0.3) is 11.5 Å². The second-order valence-corrected chi connectivity index (χ2v) is 6.01. The Balaban J connectivity index is 1.84. The van der Waals surface area contributed by atoms with Crippen molar-refractivity contribution < 1.29 is 9.90 Å². The van der Waals surface area contributed by atoms with Crippen LogP contribution in [-0.4, -0.2) is 48.5 Å². The molecule has 27 heavy (non-hydrogen) atoms. The third kappa shape index (κ3) is 4.51. The van der Waals surface area contributed by atoms with E-state index in [9.17, 15) is 9.90 Å². The molecule has 138 valence electrons. The van der Waals surface area contributed by atoms with Crippen molar-refractivity contribution >= 4 is 5.91 Å². The number of aliphatic hydroxyl groups excluding tert-OH is 1. The molecule has 0 saturated heterocycles. The van der Waals surface area contributed by atoms with Crippen LogP contribution in [0.15, 0.2) is 61.2 Å². The Bertz CT molecular complexity index is 853. The molecule has 0 saturated carbocycles. The Kier molecular flexibility index (Phi) is 6.17. The predicted octanol–water partition coefficient (Wildman–Crippen LogP) is 2.35. The lowest BCUT2D eigenvalue weighted by Crippen LogP contribution is -2.42. The monoisotopic (exact) mass is 363 g/mol. The summed E-state index contributed by atoms with van der Waals surface area (Å²) < 4.78 is 0. The molecule has 7 nitrogen and oxygen atoms in total. The first-order valence-corrected chi connectivity index (χ1v) is 8.78. The van der Waals surface area contributed by atoms with Gasteiger partial charge in [0.25, 0.3) is 5.91 Å². The van der Waals surface area contributed by atoms with Crippen LogP contribution in [0.1, 0.15) is 29.4 Å². The van der Waals surface area contributed by atoms with Gasteiger partial charge in [0.2, 0.25) is 0 Å². The van der Waals surface area contributed by atoms with Crippen molar-refractivity contribution in [1.82, 2.24) is 24.8 Å². The largest absolute Gasteiger partial charge is 0.394 e. The number of rotatable bonds is 7. The molecular weight excluding hydrogens is 342 g/mol. The van der Waals surface area contributed by atoms with Crippen molar-refractivity contribution in [1.29, 1.82) is 0 Å². The summed E-state index contributed by atoms with van der Waals surface area (Å²) in [5.41, 5.74) is 1.75. The molecule has 0 aliphatic carbocycles. The zero-order chi connectivity index (χ0) is 19.1. The van der Waals surface area contributed by atoms with Gasteiger partial charge in [-0.3, -0.25) is 14.8 Å². The summed E-state index contributed by atoms with van der Waals surface area (Å²) >= 11 is 0. The zero-order valence-corrected chi connectivity index (χ0v) is 15.1. The number of carbonyl (C=O) groups is 1. The van der Waals surface area contributed by atoms with E-state index in [1.54, 1.807) is 17.3 Å². The van der Waals surface area contributed by atoms with Crippen LogP contribution in [0.3, 0.4) is 0 Å². The first kappa shape index (κ1) is 18.6. The smallest absolute Gasteiger partial charge is 0.257 e. The average Bonchev–Trinajstić information content (AvgIpc) is 2.75. The summed E-state index contributed by atoms with van der Waals surface area (Å²) in [6, 6.07) is 10.7. The number of pyridine rings is 2. The molecule has 0 aliphatic heterocycles. The van der Waals surface area contributed by atoms with Crippen LogP contribution in [-0.2, 0) is 6.54 Å². The summed E-state index contributed by atoms with van der Waals surface area (Å²) in [6.45, 7) is 2.11. The summed E-state index contributed by atoms with van der Waals surface area (Å²) in [5, 5.41) is 9.71. The molecule has 1 atom stereocenters. The number of hydrogen-bond donors (Lipinski definition) is 1. The highest BCUT2D eigenvalue weighted by atomic mass is 16.3. The normalized spacial score (nSPS) is 11.8. The first-order chi connectivity index (χ1) is 13.2. The summed E-state index contributed by atoms with van der Waals surface area (Å²) in [6.07, 6.45) is 6.97. The van der Waals surface area contributed by atoms with Crippen molar-refractivity contribution in [3.05, 3.63) is 72.4 Å². The third-order valence-corrected chi connectivity index (χ3v) is 4.23. The van der Waals surface area contributed by atoms with Gasteiger partial charge in [-0.05, 0) is 30.7 Å². The molecule has 1 amide bonds. The maximum absolute atomic E-state index is 13.0. The summed E-state index contributed by atoms with van der Waals surface area (Å²) in [5.74, 6) is 0.215. The van der Waals surface area contributed by atoms with Gasteiger partial charge in [-0.25, -0.2) is 9.97 Å². The van der Waals surface area contributed by atoms with Crippen molar-refractivity contribution in [2.75, 3.05) is 6.61 Å². The van der Waals surface area contributed by atoms with Gasteiger partial charge in [-0.2, -0.15) is 0 Å². The Morgan fingerprint density at radius 1 is 1.04 bits per heavy atom. The fourth-order valence-electron chi connectivity index (χ4n) is 2.71. The van der Waals surface area contributed by atoms with Crippen LogP contribution >= 0.6 is 0 Å². The van der Waals surface area contributed by atoms with E-state index in [2.05, 4.69) is 19.9 Å². The molecule has 3 heterocycles. The highest BCUT2D eigenvalue weighted by Crippen LogP contribution is 2.16. The molecule has 3 aromatic rings. The minimum absolute atomic E-state index is 0.123. The lowest BCUT2D eigenvalue weighted by Gasteiger charge is -2.29. The molecule has 3 rings (SSSR count). The first-order valence-electron chi connectivity index (χ1n) is 8.78. The van der Waals surface area contributed by atoms with Crippen molar-refractivity contribution in [3.8, 4) is 11.5 Å². The van der Waals surface area contributed by atoms with Gasteiger partial charge >= 0.3 is 0 Å². The molecule has 0 bridgehead atoms. The van der Waals surface area contributed by atoms with E-state index in [1.807, 2.05) is 43.3 Å². The Morgan fingerprint density at radius 3 is 2.30 bits per heavy atom. The van der Waals surface area contributed by atoms with E-state index in [4.69, 9.17) is 0 Å². The molecular formula is C20H21N5O2. The lowest BCUT2D eigenvalue weighted by molar-refractivity contribution is 0.0559. The van der Waals surface area contributed by atoms with Crippen LogP contribution < -0.4 is 0 Å². The van der Waals surface area contributed by atoms with Crippen molar-refractivity contribution in [2.24, 2.45) is 0 Å². The second kappa shape index (κ2) is 8.95. The quantitative estimate of drug-likeness (QED) is 0.693. The van der Waals surface area contributed by atoms with Gasteiger partial charge in [0.15, 0.2) is 5.82 Å². The Labute approximate surface area is 157 Å². The highest BCUT2D eigenvalue weighted by Gasteiger charge is 2.24. The van der Waals surface area contributed by atoms with Gasteiger partial charge in [-0.15, -0.1) is 0 Å². The minimum Gasteiger partial charge on any atom is -0.394 e. The Morgan fingerprint density at radius 2 is 1.74 bits per heavy atom. The summed E-state index contributed by atoms with van der Waals surface area (Å²) in [4.78, 5) is 31.7. The molecule has 0 spiro atoms. The number of amides is 1. The lowest BCUT2D eigenvalue weighted by atomic mass is 10.1. The van der Waals surface area contributed by atoms with E-state index >= 15 is 0 Å². The number of aromatic nitrogens is 4. The average molecular weight is 363 g/mol. The number of carbonyl (C=O) groups excluding carboxylic acids is 1. The number of hydrogen-bond acceptors (Lipinski definition) is 6. The fraction of sp³-hybridized carbons (Fsp3) is 0.250. The fourth-order valence-corrected chi connectivity index (χ4v) is 2.71. The maximum Gasteiger partial charge on any atom is 0.257 e.